The van der Waals surface area contributed by atoms with Gasteiger partial charge in [0, 0.05) is 12.5 Å². The Bertz CT molecular complexity index is 1010. The first-order valence-corrected chi connectivity index (χ1v) is 8.93. The summed E-state index contributed by atoms with van der Waals surface area (Å²) in [6, 6.07) is 16.0. The number of nitrogens with one attached hydrogen (secondary N) is 2. The summed E-state index contributed by atoms with van der Waals surface area (Å²) in [5, 5.41) is 9.24. The van der Waals surface area contributed by atoms with Gasteiger partial charge < -0.3 is 19.9 Å². The molecule has 1 aromatic heterocycles. The van der Waals surface area contributed by atoms with Gasteiger partial charge in [-0.15, -0.1) is 0 Å². The van der Waals surface area contributed by atoms with Crippen LogP contribution in [0.2, 0.25) is 0 Å². The van der Waals surface area contributed by atoms with Crippen molar-refractivity contribution in [3.8, 4) is 5.75 Å². The van der Waals surface area contributed by atoms with Crippen LogP contribution in [0.3, 0.4) is 0 Å². The second kappa shape index (κ2) is 7.56. The van der Waals surface area contributed by atoms with Crippen molar-refractivity contribution in [1.82, 2.24) is 10.5 Å². The average molecular weight is 377 g/mol. The third-order valence-corrected chi connectivity index (χ3v) is 4.44. The standard InChI is InChI=1S/C21H19N3O4/c1-13-7-8-16-19(9-13)27-12-18(21(26)22-16)23-20(25)17-11-15(28-24-17)10-14-5-3-2-4-6-14/h2-9,11,18H,10,12H2,1H3,(H,22,26)(H,23,25)/t18-/m1/s1. The minimum atomic E-state index is -0.838. The lowest BCUT2D eigenvalue weighted by Crippen LogP contribution is -2.46. The molecule has 7 nitrogen and oxygen atoms in total. The van der Waals surface area contributed by atoms with E-state index in [4.69, 9.17) is 9.26 Å². The first-order chi connectivity index (χ1) is 13.6. The third-order valence-electron chi connectivity index (χ3n) is 4.44. The van der Waals surface area contributed by atoms with Gasteiger partial charge in [0.05, 0.1) is 5.69 Å². The molecule has 0 unspecified atom stereocenters. The molecule has 4 rings (SSSR count). The quantitative estimate of drug-likeness (QED) is 0.729. The lowest BCUT2D eigenvalue weighted by atomic mass is 10.1. The van der Waals surface area contributed by atoms with E-state index in [1.54, 1.807) is 12.1 Å². The van der Waals surface area contributed by atoms with Crippen molar-refractivity contribution < 1.29 is 18.8 Å². The molecule has 1 aliphatic heterocycles. The van der Waals surface area contributed by atoms with Crippen molar-refractivity contribution in [3.63, 3.8) is 0 Å². The van der Waals surface area contributed by atoms with E-state index in [9.17, 15) is 9.59 Å². The summed E-state index contributed by atoms with van der Waals surface area (Å²) in [5.74, 6) is 0.315. The van der Waals surface area contributed by atoms with Crippen molar-refractivity contribution >= 4 is 17.5 Å². The summed E-state index contributed by atoms with van der Waals surface area (Å²) in [4.78, 5) is 24.9. The first-order valence-electron chi connectivity index (χ1n) is 8.93. The molecule has 0 saturated heterocycles. The Kier molecular flexibility index (Phi) is 4.80. The lowest BCUT2D eigenvalue weighted by molar-refractivity contribution is -0.118. The maximum absolute atomic E-state index is 12.5. The molecule has 2 amide bonds. The molecule has 0 radical (unpaired) electrons. The zero-order valence-electron chi connectivity index (χ0n) is 15.3. The van der Waals surface area contributed by atoms with Crippen LogP contribution in [-0.2, 0) is 11.2 Å². The van der Waals surface area contributed by atoms with Crippen molar-refractivity contribution in [2.45, 2.75) is 19.4 Å². The third kappa shape index (κ3) is 3.88. The van der Waals surface area contributed by atoms with Crippen molar-refractivity contribution in [2.75, 3.05) is 11.9 Å². The highest BCUT2D eigenvalue weighted by Crippen LogP contribution is 2.28. The number of ether oxygens (including phenoxy) is 1. The van der Waals surface area contributed by atoms with E-state index in [0.717, 1.165) is 11.1 Å². The van der Waals surface area contributed by atoms with E-state index >= 15 is 0 Å². The molecule has 2 aromatic carbocycles. The highest BCUT2D eigenvalue weighted by Gasteiger charge is 2.27. The van der Waals surface area contributed by atoms with Gasteiger partial charge in [-0.3, -0.25) is 9.59 Å². The molecule has 2 heterocycles. The largest absolute Gasteiger partial charge is 0.489 e. The van der Waals surface area contributed by atoms with Gasteiger partial charge >= 0.3 is 0 Å². The van der Waals surface area contributed by atoms with Crippen LogP contribution in [0, 0.1) is 6.92 Å². The molecule has 0 fully saturated rings. The van der Waals surface area contributed by atoms with Crippen LogP contribution in [0.4, 0.5) is 5.69 Å². The minimum absolute atomic E-state index is 0.0305. The second-order valence-corrected chi connectivity index (χ2v) is 6.67. The summed E-state index contributed by atoms with van der Waals surface area (Å²) in [5.41, 5.74) is 2.77. The van der Waals surface area contributed by atoms with E-state index in [-0.39, 0.29) is 18.2 Å². The number of aromatic nitrogens is 1. The van der Waals surface area contributed by atoms with E-state index in [1.165, 1.54) is 0 Å². The SMILES string of the molecule is Cc1ccc2c(c1)OC[C@@H](NC(=O)c1cc(Cc3ccccc3)on1)C(=O)N2. The molecule has 0 spiro atoms. The summed E-state index contributed by atoms with van der Waals surface area (Å²) in [6.45, 7) is 1.97. The van der Waals surface area contributed by atoms with Gasteiger partial charge in [0.1, 0.15) is 24.2 Å². The van der Waals surface area contributed by atoms with Crippen molar-refractivity contribution in [1.29, 1.82) is 0 Å². The molecule has 3 aromatic rings. The van der Waals surface area contributed by atoms with Gasteiger partial charge in [0.25, 0.3) is 11.8 Å². The number of amides is 2. The first kappa shape index (κ1) is 17.8. The predicted octanol–water partition coefficient (Wildman–Crippen LogP) is 2.70. The second-order valence-electron chi connectivity index (χ2n) is 6.67. The minimum Gasteiger partial charge on any atom is -0.489 e. The summed E-state index contributed by atoms with van der Waals surface area (Å²) < 4.78 is 10.9. The molecular formula is C21H19N3O4. The highest BCUT2D eigenvalue weighted by molar-refractivity contribution is 6.01. The van der Waals surface area contributed by atoms with Crippen LogP contribution in [0.5, 0.6) is 5.75 Å². The van der Waals surface area contributed by atoms with Gasteiger partial charge in [0.15, 0.2) is 5.69 Å². The number of carbonyl (C=O) groups excluding carboxylic acids is 2. The Morgan fingerprint density at radius 2 is 2.04 bits per heavy atom. The van der Waals surface area contributed by atoms with E-state index in [1.807, 2.05) is 49.4 Å². The fraction of sp³-hybridized carbons (Fsp3) is 0.190. The Morgan fingerprint density at radius 1 is 1.21 bits per heavy atom. The van der Waals surface area contributed by atoms with Crippen LogP contribution in [-0.4, -0.2) is 29.6 Å². The number of rotatable bonds is 4. The number of carbonyl (C=O) groups is 2. The van der Waals surface area contributed by atoms with Crippen LogP contribution in [0.25, 0.3) is 0 Å². The zero-order valence-corrected chi connectivity index (χ0v) is 15.3. The van der Waals surface area contributed by atoms with Crippen molar-refractivity contribution in [3.05, 3.63) is 77.2 Å². The molecule has 1 atom stereocenters. The molecule has 0 saturated carbocycles. The fourth-order valence-electron chi connectivity index (χ4n) is 2.96. The van der Waals surface area contributed by atoms with Gasteiger partial charge in [-0.25, -0.2) is 0 Å². The Morgan fingerprint density at radius 3 is 2.86 bits per heavy atom. The normalized spacial score (nSPS) is 15.8. The van der Waals surface area contributed by atoms with Crippen LogP contribution in [0.1, 0.15) is 27.4 Å². The number of nitrogens with zero attached hydrogens (tertiary/aromatic N) is 1. The van der Waals surface area contributed by atoms with E-state index in [0.29, 0.717) is 23.6 Å². The molecule has 7 heteroatoms. The summed E-state index contributed by atoms with van der Waals surface area (Å²) >= 11 is 0. The van der Waals surface area contributed by atoms with E-state index < -0.39 is 11.9 Å². The number of fused-ring (bicyclic) bond motifs is 1. The Hall–Kier alpha value is -3.61. The number of hydrogen-bond acceptors (Lipinski definition) is 5. The van der Waals surface area contributed by atoms with Crippen LogP contribution < -0.4 is 15.4 Å². The maximum atomic E-state index is 12.5. The number of anilines is 1. The maximum Gasteiger partial charge on any atom is 0.274 e. The summed E-state index contributed by atoms with van der Waals surface area (Å²) in [6.07, 6.45) is 0.531. The summed E-state index contributed by atoms with van der Waals surface area (Å²) in [7, 11) is 0. The van der Waals surface area contributed by atoms with E-state index in [2.05, 4.69) is 15.8 Å². The van der Waals surface area contributed by atoms with Crippen LogP contribution >= 0.6 is 0 Å². The number of hydrogen-bond donors (Lipinski definition) is 2. The average Bonchev–Trinajstić information content (AvgIpc) is 3.10. The topological polar surface area (TPSA) is 93.5 Å². The molecule has 28 heavy (non-hydrogen) atoms. The fourth-order valence-corrected chi connectivity index (χ4v) is 2.96. The predicted molar refractivity (Wildman–Crippen MR) is 102 cm³/mol. The van der Waals surface area contributed by atoms with Gasteiger partial charge in [0.2, 0.25) is 0 Å². The van der Waals surface area contributed by atoms with Gasteiger partial charge in [-0.1, -0.05) is 41.6 Å². The highest BCUT2D eigenvalue weighted by atomic mass is 16.5. The van der Waals surface area contributed by atoms with Crippen molar-refractivity contribution in [2.24, 2.45) is 0 Å². The molecule has 142 valence electrons. The van der Waals surface area contributed by atoms with Gasteiger partial charge in [-0.2, -0.15) is 0 Å². The molecule has 0 aliphatic carbocycles. The lowest BCUT2D eigenvalue weighted by Gasteiger charge is -2.13. The van der Waals surface area contributed by atoms with Gasteiger partial charge in [-0.05, 0) is 30.2 Å². The number of benzene rings is 2. The molecular weight excluding hydrogens is 358 g/mol. The number of aryl methyl sites for hydroxylation is 1. The Labute approximate surface area is 161 Å². The zero-order chi connectivity index (χ0) is 19.5. The molecule has 0 bridgehead atoms. The molecule has 2 N–H and O–H groups in total. The molecule has 1 aliphatic rings. The Balaban J connectivity index is 1.42. The monoisotopic (exact) mass is 377 g/mol. The van der Waals surface area contributed by atoms with Crippen LogP contribution in [0.15, 0.2) is 59.1 Å². The smallest absolute Gasteiger partial charge is 0.274 e.